The van der Waals surface area contributed by atoms with Crippen LogP contribution in [0.5, 0.6) is 5.75 Å². The summed E-state index contributed by atoms with van der Waals surface area (Å²) in [4.78, 5) is 11.4. The van der Waals surface area contributed by atoms with Gasteiger partial charge in [0.15, 0.2) is 0 Å². The Kier molecular flexibility index (Phi) is 5.75. The third-order valence-electron chi connectivity index (χ3n) is 3.16. The van der Waals surface area contributed by atoms with Crippen molar-refractivity contribution < 1.29 is 9.15 Å². The molecule has 0 aliphatic rings. The van der Waals surface area contributed by atoms with Crippen LogP contribution in [-0.2, 0) is 0 Å². The van der Waals surface area contributed by atoms with E-state index in [9.17, 15) is 4.79 Å². The first kappa shape index (κ1) is 16.6. The summed E-state index contributed by atoms with van der Waals surface area (Å²) in [6, 6.07) is 13.1. The van der Waals surface area contributed by atoms with E-state index >= 15 is 0 Å². The van der Waals surface area contributed by atoms with Crippen LogP contribution in [0.25, 0.3) is 12.2 Å². The van der Waals surface area contributed by atoms with Gasteiger partial charge in [-0.05, 0) is 25.5 Å². The molecule has 0 saturated carbocycles. The molecule has 0 radical (unpaired) electrons. The Morgan fingerprint density at radius 1 is 1.09 bits per heavy atom. The lowest BCUT2D eigenvalue weighted by atomic mass is 10.1. The fourth-order valence-corrected chi connectivity index (χ4v) is 2.15. The molecule has 1 heterocycles. The molecule has 0 atom stereocenters. The Balaban J connectivity index is 2.14. The van der Waals surface area contributed by atoms with E-state index in [4.69, 9.17) is 9.15 Å². The van der Waals surface area contributed by atoms with E-state index in [1.807, 2.05) is 31.2 Å². The van der Waals surface area contributed by atoms with Gasteiger partial charge in [0.1, 0.15) is 11.5 Å². The molecule has 0 saturated heterocycles. The van der Waals surface area contributed by atoms with Crippen molar-refractivity contribution in [2.24, 2.45) is 0 Å². The summed E-state index contributed by atoms with van der Waals surface area (Å²) >= 11 is 0. The maximum Gasteiger partial charge on any atom is 0.339 e. The van der Waals surface area contributed by atoms with Gasteiger partial charge in [0.05, 0.1) is 13.2 Å². The maximum atomic E-state index is 11.4. The minimum atomic E-state index is -0.425. The summed E-state index contributed by atoms with van der Waals surface area (Å²) in [7, 11) is 1.52. The van der Waals surface area contributed by atoms with E-state index in [1.165, 1.54) is 13.2 Å². The van der Waals surface area contributed by atoms with Crippen LogP contribution >= 0.6 is 0 Å². The number of rotatable bonds is 5. The highest BCUT2D eigenvalue weighted by Crippen LogP contribution is 2.13. The van der Waals surface area contributed by atoms with Gasteiger partial charge in [0.2, 0.25) is 0 Å². The molecule has 0 fully saturated rings. The van der Waals surface area contributed by atoms with Crippen LogP contribution in [0.4, 0.5) is 0 Å². The second kappa shape index (κ2) is 7.99. The average Bonchev–Trinajstić information content (AvgIpc) is 2.53. The quantitative estimate of drug-likeness (QED) is 0.751. The van der Waals surface area contributed by atoms with Gasteiger partial charge in [0, 0.05) is 6.07 Å². The molecule has 0 N–H and O–H groups in total. The first-order valence-electron chi connectivity index (χ1n) is 7.36. The number of ether oxygens (including phenoxy) is 1. The lowest BCUT2D eigenvalue weighted by Crippen LogP contribution is -1.98. The van der Waals surface area contributed by atoms with Gasteiger partial charge in [-0.1, -0.05) is 59.7 Å². The number of methoxy groups -OCH3 is 1. The molecule has 3 heteroatoms. The van der Waals surface area contributed by atoms with Crippen molar-refractivity contribution in [1.29, 1.82) is 0 Å². The van der Waals surface area contributed by atoms with Gasteiger partial charge in [-0.25, -0.2) is 4.79 Å². The first-order chi connectivity index (χ1) is 11.1. The van der Waals surface area contributed by atoms with E-state index in [0.717, 1.165) is 16.7 Å². The molecular weight excluding hydrogens is 288 g/mol. The fourth-order valence-electron chi connectivity index (χ4n) is 2.15. The third kappa shape index (κ3) is 5.47. The van der Waals surface area contributed by atoms with Crippen LogP contribution in [0.1, 0.15) is 25.2 Å². The summed E-state index contributed by atoms with van der Waals surface area (Å²) in [6.45, 7) is 4.05. The van der Waals surface area contributed by atoms with Crippen molar-refractivity contribution in [2.75, 3.05) is 7.11 Å². The molecule has 1 aromatic carbocycles. The maximum absolute atomic E-state index is 11.4. The average molecular weight is 308 g/mol. The third-order valence-corrected chi connectivity index (χ3v) is 3.16. The molecule has 2 rings (SSSR count). The Morgan fingerprint density at radius 3 is 2.52 bits per heavy atom. The van der Waals surface area contributed by atoms with Gasteiger partial charge >= 0.3 is 5.63 Å². The Hall–Kier alpha value is -2.81. The smallest absolute Gasteiger partial charge is 0.339 e. The number of benzene rings is 1. The number of hydrogen-bond acceptors (Lipinski definition) is 3. The second-order valence-electron chi connectivity index (χ2n) is 5.24. The van der Waals surface area contributed by atoms with Crippen molar-refractivity contribution in [2.45, 2.75) is 13.8 Å². The molecule has 0 aliphatic carbocycles. The minimum absolute atomic E-state index is 0.425. The minimum Gasteiger partial charge on any atom is -0.496 e. The molecular formula is C20H20O3. The van der Waals surface area contributed by atoms with E-state index in [2.05, 4.69) is 31.2 Å². The highest BCUT2D eigenvalue weighted by Gasteiger charge is 1.98. The number of allylic oxidation sites excluding steroid dienone is 4. The largest absolute Gasteiger partial charge is 0.496 e. The molecule has 118 valence electrons. The molecule has 0 aliphatic heterocycles. The van der Waals surface area contributed by atoms with Crippen LogP contribution < -0.4 is 10.4 Å². The zero-order chi connectivity index (χ0) is 16.7. The summed E-state index contributed by atoms with van der Waals surface area (Å²) in [5.41, 5.74) is 2.94. The lowest BCUT2D eigenvalue weighted by molar-refractivity contribution is 0.400. The second-order valence-corrected chi connectivity index (χ2v) is 5.24. The van der Waals surface area contributed by atoms with Crippen LogP contribution in [0.15, 0.2) is 75.0 Å². The van der Waals surface area contributed by atoms with Crippen molar-refractivity contribution in [1.82, 2.24) is 0 Å². The SMILES string of the molecule is COc1cc(/C=C/C(C)=C/C(C)=C/c2ccccc2)oc(=O)c1. The van der Waals surface area contributed by atoms with Crippen LogP contribution in [-0.4, -0.2) is 7.11 Å². The first-order valence-corrected chi connectivity index (χ1v) is 7.36. The normalized spacial score (nSPS) is 12.7. The molecule has 0 unspecified atom stereocenters. The zero-order valence-corrected chi connectivity index (χ0v) is 13.6. The fraction of sp³-hybridized carbons (Fsp3) is 0.150. The molecule has 0 amide bonds. The molecule has 0 bridgehead atoms. The van der Waals surface area contributed by atoms with E-state index < -0.39 is 5.63 Å². The molecule has 23 heavy (non-hydrogen) atoms. The Bertz CT molecular complexity index is 793. The summed E-state index contributed by atoms with van der Waals surface area (Å²) in [5, 5.41) is 0. The van der Waals surface area contributed by atoms with Crippen molar-refractivity contribution in [3.63, 3.8) is 0 Å². The standard InChI is InChI=1S/C20H20O3/c1-15(11-16(2)12-17-7-5-4-6-8-17)9-10-18-13-19(22-3)14-20(21)23-18/h4-14H,1-3H3/b10-9+,15-11+,16-12+. The van der Waals surface area contributed by atoms with Crippen LogP contribution in [0.2, 0.25) is 0 Å². The van der Waals surface area contributed by atoms with Gasteiger partial charge < -0.3 is 9.15 Å². The zero-order valence-electron chi connectivity index (χ0n) is 13.6. The topological polar surface area (TPSA) is 39.4 Å². The number of hydrogen-bond donors (Lipinski definition) is 0. The molecule has 2 aromatic rings. The van der Waals surface area contributed by atoms with Crippen molar-refractivity contribution in [3.05, 3.63) is 87.5 Å². The summed E-state index contributed by atoms with van der Waals surface area (Å²) in [5.74, 6) is 0.953. The van der Waals surface area contributed by atoms with Gasteiger partial charge in [-0.15, -0.1) is 0 Å². The van der Waals surface area contributed by atoms with Crippen molar-refractivity contribution in [3.8, 4) is 5.75 Å². The highest BCUT2D eigenvalue weighted by atomic mass is 16.5. The monoisotopic (exact) mass is 308 g/mol. The summed E-state index contributed by atoms with van der Waals surface area (Å²) in [6.07, 6.45) is 7.84. The van der Waals surface area contributed by atoms with Gasteiger partial charge in [-0.3, -0.25) is 0 Å². The summed E-state index contributed by atoms with van der Waals surface area (Å²) < 4.78 is 10.2. The lowest BCUT2D eigenvalue weighted by Gasteiger charge is -1.99. The predicted molar refractivity (Wildman–Crippen MR) is 94.4 cm³/mol. The molecule has 0 spiro atoms. The van der Waals surface area contributed by atoms with E-state index in [1.54, 1.807) is 12.1 Å². The van der Waals surface area contributed by atoms with Crippen molar-refractivity contribution >= 4 is 12.2 Å². The Morgan fingerprint density at radius 2 is 1.83 bits per heavy atom. The molecule has 3 nitrogen and oxygen atoms in total. The van der Waals surface area contributed by atoms with Gasteiger partial charge in [0.25, 0.3) is 0 Å². The highest BCUT2D eigenvalue weighted by molar-refractivity contribution is 5.57. The predicted octanol–water partition coefficient (Wildman–Crippen LogP) is 4.71. The Labute approximate surface area is 136 Å². The van der Waals surface area contributed by atoms with Crippen LogP contribution in [0.3, 0.4) is 0 Å². The van der Waals surface area contributed by atoms with E-state index in [-0.39, 0.29) is 0 Å². The molecule has 1 aromatic heterocycles. The van der Waals surface area contributed by atoms with Crippen LogP contribution in [0, 0.1) is 0 Å². The van der Waals surface area contributed by atoms with Gasteiger partial charge in [-0.2, -0.15) is 0 Å². The van der Waals surface area contributed by atoms with E-state index in [0.29, 0.717) is 11.5 Å².